The number of amides is 1. The molecule has 88 valence electrons. The molecule has 0 atom stereocenters. The van der Waals surface area contributed by atoms with Crippen LogP contribution < -0.4 is 5.32 Å². The van der Waals surface area contributed by atoms with Gasteiger partial charge in [-0.1, -0.05) is 0 Å². The van der Waals surface area contributed by atoms with Gasteiger partial charge >= 0.3 is 5.97 Å². The summed E-state index contributed by atoms with van der Waals surface area (Å²) in [4.78, 5) is 23.9. The lowest BCUT2D eigenvalue weighted by Gasteiger charge is -2.15. The molecule has 0 rings (SSSR count). The van der Waals surface area contributed by atoms with E-state index < -0.39 is 0 Å². The van der Waals surface area contributed by atoms with E-state index in [1.165, 1.54) is 0 Å². The molecule has 0 heterocycles. The molecular formula is C10H20N2O3. The third kappa shape index (κ3) is 7.93. The highest BCUT2D eigenvalue weighted by Crippen LogP contribution is 1.93. The molecule has 0 saturated heterocycles. The molecule has 0 fully saturated rings. The van der Waals surface area contributed by atoms with Crippen LogP contribution in [0.5, 0.6) is 0 Å². The van der Waals surface area contributed by atoms with Gasteiger partial charge < -0.3 is 15.0 Å². The summed E-state index contributed by atoms with van der Waals surface area (Å²) in [5, 5.41) is 2.55. The average molecular weight is 216 g/mol. The largest absolute Gasteiger partial charge is 0.466 e. The van der Waals surface area contributed by atoms with Gasteiger partial charge in [-0.3, -0.25) is 9.59 Å². The number of nitrogens with one attached hydrogen (secondary N) is 1. The van der Waals surface area contributed by atoms with Crippen LogP contribution in [0.25, 0.3) is 0 Å². The molecule has 0 aromatic heterocycles. The molecule has 5 heteroatoms. The summed E-state index contributed by atoms with van der Waals surface area (Å²) in [6.07, 6.45) is 0.827. The minimum atomic E-state index is -0.190. The Kier molecular flexibility index (Phi) is 7.62. The Balaban J connectivity index is 3.52. The van der Waals surface area contributed by atoms with Crippen molar-refractivity contribution >= 4 is 11.9 Å². The number of ether oxygens (including phenoxy) is 1. The normalized spacial score (nSPS) is 10.1. The van der Waals surface area contributed by atoms with E-state index in [1.807, 2.05) is 11.9 Å². The first kappa shape index (κ1) is 13.9. The number of nitrogens with zero attached hydrogens (tertiary/aromatic N) is 1. The molecule has 0 aliphatic rings. The van der Waals surface area contributed by atoms with Crippen molar-refractivity contribution in [1.29, 1.82) is 0 Å². The monoisotopic (exact) mass is 216 g/mol. The van der Waals surface area contributed by atoms with Crippen LogP contribution >= 0.6 is 0 Å². The van der Waals surface area contributed by atoms with E-state index in [9.17, 15) is 9.59 Å². The van der Waals surface area contributed by atoms with Gasteiger partial charge in [0, 0.05) is 26.6 Å². The maximum Gasteiger partial charge on any atom is 0.307 e. The van der Waals surface area contributed by atoms with Crippen LogP contribution in [0, 0.1) is 0 Å². The summed E-state index contributed by atoms with van der Waals surface area (Å²) >= 11 is 0. The second-order valence-electron chi connectivity index (χ2n) is 3.28. The van der Waals surface area contributed by atoms with Crippen molar-refractivity contribution in [3.05, 3.63) is 0 Å². The SMILES string of the molecule is CCOC(=O)CCN(C)CCC(=O)NC. The van der Waals surface area contributed by atoms with E-state index in [2.05, 4.69) is 5.32 Å². The maximum atomic E-state index is 11.0. The van der Waals surface area contributed by atoms with Crippen LogP contribution in [0.1, 0.15) is 19.8 Å². The number of hydrogen-bond acceptors (Lipinski definition) is 4. The zero-order chi connectivity index (χ0) is 11.7. The molecule has 0 spiro atoms. The van der Waals surface area contributed by atoms with E-state index in [4.69, 9.17) is 4.74 Å². The molecule has 0 aliphatic carbocycles. The van der Waals surface area contributed by atoms with Crippen molar-refractivity contribution < 1.29 is 14.3 Å². The van der Waals surface area contributed by atoms with Crippen molar-refractivity contribution in [1.82, 2.24) is 10.2 Å². The van der Waals surface area contributed by atoms with Crippen molar-refractivity contribution in [2.75, 3.05) is 33.8 Å². The Labute approximate surface area is 90.8 Å². The van der Waals surface area contributed by atoms with Gasteiger partial charge in [0.15, 0.2) is 0 Å². The van der Waals surface area contributed by atoms with Gasteiger partial charge in [-0.05, 0) is 14.0 Å². The summed E-state index contributed by atoms with van der Waals surface area (Å²) < 4.78 is 4.79. The van der Waals surface area contributed by atoms with Crippen LogP contribution in [0.3, 0.4) is 0 Å². The fraction of sp³-hybridized carbons (Fsp3) is 0.800. The molecule has 15 heavy (non-hydrogen) atoms. The van der Waals surface area contributed by atoms with Crippen LogP contribution in [-0.2, 0) is 14.3 Å². The molecule has 5 nitrogen and oxygen atoms in total. The number of carbonyl (C=O) groups is 2. The quantitative estimate of drug-likeness (QED) is 0.609. The topological polar surface area (TPSA) is 58.6 Å². The number of esters is 1. The summed E-state index contributed by atoms with van der Waals surface area (Å²) in [5.74, 6) is -0.178. The van der Waals surface area contributed by atoms with Crippen LogP contribution in [-0.4, -0.2) is 50.6 Å². The summed E-state index contributed by atoms with van der Waals surface area (Å²) in [7, 11) is 3.49. The number of hydrogen-bond donors (Lipinski definition) is 1. The van der Waals surface area contributed by atoms with Gasteiger partial charge in [-0.25, -0.2) is 0 Å². The highest BCUT2D eigenvalue weighted by atomic mass is 16.5. The standard InChI is InChI=1S/C10H20N2O3/c1-4-15-10(14)6-8-12(3)7-5-9(13)11-2/h4-8H2,1-3H3,(H,11,13). The molecule has 0 aromatic carbocycles. The van der Waals surface area contributed by atoms with Gasteiger partial charge in [0.25, 0.3) is 0 Å². The molecule has 0 aromatic rings. The van der Waals surface area contributed by atoms with Gasteiger partial charge in [-0.2, -0.15) is 0 Å². The second kappa shape index (κ2) is 8.23. The molecule has 0 bridgehead atoms. The van der Waals surface area contributed by atoms with Gasteiger partial charge in [0.2, 0.25) is 5.91 Å². The van der Waals surface area contributed by atoms with Gasteiger partial charge in [0.05, 0.1) is 13.0 Å². The predicted octanol–water partition coefficient (Wildman–Crippen LogP) is 0.00750. The van der Waals surface area contributed by atoms with E-state index in [0.29, 0.717) is 32.5 Å². The minimum Gasteiger partial charge on any atom is -0.466 e. The van der Waals surface area contributed by atoms with Crippen LogP contribution in [0.15, 0.2) is 0 Å². The molecule has 0 unspecified atom stereocenters. The lowest BCUT2D eigenvalue weighted by atomic mass is 10.3. The third-order valence-corrected chi connectivity index (χ3v) is 2.00. The first-order valence-corrected chi connectivity index (χ1v) is 5.14. The van der Waals surface area contributed by atoms with E-state index in [1.54, 1.807) is 14.0 Å². The molecule has 1 N–H and O–H groups in total. The third-order valence-electron chi connectivity index (χ3n) is 2.00. The molecular weight excluding hydrogens is 196 g/mol. The van der Waals surface area contributed by atoms with Crippen LogP contribution in [0.2, 0.25) is 0 Å². The van der Waals surface area contributed by atoms with Crippen LogP contribution in [0.4, 0.5) is 0 Å². The fourth-order valence-corrected chi connectivity index (χ4v) is 1.04. The fourth-order valence-electron chi connectivity index (χ4n) is 1.04. The summed E-state index contributed by atoms with van der Waals surface area (Å²) in [6, 6.07) is 0. The lowest BCUT2D eigenvalue weighted by Crippen LogP contribution is -2.28. The Hall–Kier alpha value is -1.10. The second-order valence-corrected chi connectivity index (χ2v) is 3.28. The zero-order valence-corrected chi connectivity index (χ0v) is 9.71. The van der Waals surface area contributed by atoms with Gasteiger partial charge in [-0.15, -0.1) is 0 Å². The summed E-state index contributed by atoms with van der Waals surface area (Å²) in [5.41, 5.74) is 0. The lowest BCUT2D eigenvalue weighted by molar-refractivity contribution is -0.143. The Morgan fingerprint density at radius 3 is 2.40 bits per heavy atom. The highest BCUT2D eigenvalue weighted by Gasteiger charge is 2.06. The number of carbonyl (C=O) groups excluding carboxylic acids is 2. The zero-order valence-electron chi connectivity index (χ0n) is 9.71. The Bertz CT molecular complexity index is 207. The van der Waals surface area contributed by atoms with Crippen molar-refractivity contribution in [2.24, 2.45) is 0 Å². The Morgan fingerprint density at radius 1 is 1.27 bits per heavy atom. The predicted molar refractivity (Wildman–Crippen MR) is 57.4 cm³/mol. The maximum absolute atomic E-state index is 11.0. The van der Waals surface area contributed by atoms with Crippen molar-refractivity contribution in [3.63, 3.8) is 0 Å². The first-order chi connectivity index (χ1) is 7.10. The molecule has 0 aliphatic heterocycles. The molecule has 0 radical (unpaired) electrons. The van der Waals surface area contributed by atoms with E-state index in [-0.39, 0.29) is 11.9 Å². The smallest absolute Gasteiger partial charge is 0.307 e. The van der Waals surface area contributed by atoms with E-state index >= 15 is 0 Å². The Morgan fingerprint density at radius 2 is 1.87 bits per heavy atom. The first-order valence-electron chi connectivity index (χ1n) is 5.14. The van der Waals surface area contributed by atoms with Crippen molar-refractivity contribution in [2.45, 2.75) is 19.8 Å². The van der Waals surface area contributed by atoms with Crippen molar-refractivity contribution in [3.8, 4) is 0 Å². The number of rotatable bonds is 7. The van der Waals surface area contributed by atoms with Gasteiger partial charge in [0.1, 0.15) is 0 Å². The summed E-state index contributed by atoms with van der Waals surface area (Å²) in [6.45, 7) is 3.48. The average Bonchev–Trinajstić information content (AvgIpc) is 2.23. The molecule has 0 saturated carbocycles. The minimum absolute atomic E-state index is 0.0120. The molecule has 1 amide bonds. The highest BCUT2D eigenvalue weighted by molar-refractivity contribution is 5.75. The van der Waals surface area contributed by atoms with E-state index in [0.717, 1.165) is 0 Å².